The zero-order valence-corrected chi connectivity index (χ0v) is 15.4. The van der Waals surface area contributed by atoms with Gasteiger partial charge in [0.05, 0.1) is 10.6 Å². The molecule has 3 aromatic rings. The molecule has 0 unspecified atom stereocenters. The summed E-state index contributed by atoms with van der Waals surface area (Å²) < 4.78 is 5.82. The van der Waals surface area contributed by atoms with Gasteiger partial charge in [0, 0.05) is 10.4 Å². The molecule has 0 aliphatic heterocycles. The molecule has 0 aliphatic carbocycles. The number of aryl methyl sites for hydroxylation is 3. The van der Waals surface area contributed by atoms with Gasteiger partial charge in [-0.25, -0.2) is 4.98 Å². The van der Waals surface area contributed by atoms with Gasteiger partial charge in [-0.2, -0.15) is 0 Å². The van der Waals surface area contributed by atoms with Crippen LogP contribution in [0.15, 0.2) is 35.7 Å². The Morgan fingerprint density at radius 3 is 2.75 bits per heavy atom. The monoisotopic (exact) mass is 358 g/mol. The summed E-state index contributed by atoms with van der Waals surface area (Å²) in [5, 5.41) is 5.44. The number of carbonyl (C=O) groups is 1. The van der Waals surface area contributed by atoms with Crippen LogP contribution in [-0.4, -0.2) is 10.9 Å². The van der Waals surface area contributed by atoms with Gasteiger partial charge in [-0.1, -0.05) is 18.2 Å². The van der Waals surface area contributed by atoms with Gasteiger partial charge in [-0.05, 0) is 43.8 Å². The first-order valence-electron chi connectivity index (χ1n) is 7.54. The van der Waals surface area contributed by atoms with Crippen LogP contribution in [0, 0.1) is 20.8 Å². The zero-order valence-electron chi connectivity index (χ0n) is 13.8. The predicted molar refractivity (Wildman–Crippen MR) is 99.4 cm³/mol. The molecule has 6 heteroatoms. The van der Waals surface area contributed by atoms with Gasteiger partial charge >= 0.3 is 0 Å². The summed E-state index contributed by atoms with van der Waals surface area (Å²) in [6, 6.07) is 9.76. The minimum Gasteiger partial charge on any atom is -0.489 e. The third kappa shape index (κ3) is 3.83. The molecule has 124 valence electrons. The second-order valence-corrected chi connectivity index (χ2v) is 7.60. The summed E-state index contributed by atoms with van der Waals surface area (Å²) in [7, 11) is 0. The van der Waals surface area contributed by atoms with Crippen LogP contribution in [0.4, 0.5) is 5.13 Å². The summed E-state index contributed by atoms with van der Waals surface area (Å²) in [4.78, 5) is 18.4. The summed E-state index contributed by atoms with van der Waals surface area (Å²) in [6.45, 7) is 6.40. The Hall–Kier alpha value is -2.18. The Balaban J connectivity index is 1.62. The van der Waals surface area contributed by atoms with E-state index in [2.05, 4.69) is 10.3 Å². The number of nitrogens with zero attached hydrogens (tertiary/aromatic N) is 1. The van der Waals surface area contributed by atoms with E-state index in [0.29, 0.717) is 16.6 Å². The summed E-state index contributed by atoms with van der Waals surface area (Å²) >= 11 is 2.90. The highest BCUT2D eigenvalue weighted by Gasteiger charge is 2.13. The third-order valence-electron chi connectivity index (χ3n) is 3.61. The van der Waals surface area contributed by atoms with Crippen LogP contribution in [0.2, 0.25) is 0 Å². The molecular weight excluding hydrogens is 340 g/mol. The van der Waals surface area contributed by atoms with Crippen molar-refractivity contribution >= 4 is 33.7 Å². The number of benzene rings is 1. The minimum absolute atomic E-state index is 0.129. The fourth-order valence-electron chi connectivity index (χ4n) is 2.13. The van der Waals surface area contributed by atoms with E-state index < -0.39 is 0 Å². The van der Waals surface area contributed by atoms with Crippen LogP contribution < -0.4 is 10.1 Å². The molecule has 0 fully saturated rings. The zero-order chi connectivity index (χ0) is 17.1. The number of aromatic nitrogens is 1. The van der Waals surface area contributed by atoms with Gasteiger partial charge in [-0.15, -0.1) is 22.7 Å². The van der Waals surface area contributed by atoms with Crippen molar-refractivity contribution in [3.63, 3.8) is 0 Å². The van der Waals surface area contributed by atoms with Crippen molar-refractivity contribution in [1.82, 2.24) is 4.98 Å². The minimum atomic E-state index is -0.129. The van der Waals surface area contributed by atoms with Gasteiger partial charge in [0.25, 0.3) is 5.91 Å². The molecule has 24 heavy (non-hydrogen) atoms. The fourth-order valence-corrected chi connectivity index (χ4v) is 3.74. The molecule has 3 rings (SSSR count). The molecule has 0 bridgehead atoms. The first-order valence-corrected chi connectivity index (χ1v) is 9.24. The second kappa shape index (κ2) is 7.15. The van der Waals surface area contributed by atoms with Gasteiger partial charge in [0.15, 0.2) is 5.13 Å². The van der Waals surface area contributed by atoms with E-state index in [9.17, 15) is 4.79 Å². The van der Waals surface area contributed by atoms with Crippen molar-refractivity contribution in [2.45, 2.75) is 27.4 Å². The number of nitrogens with one attached hydrogen (secondary N) is 1. The normalized spacial score (nSPS) is 10.6. The molecular formula is C18H18N2O2S2. The summed E-state index contributed by atoms with van der Waals surface area (Å²) in [5.74, 6) is 0.735. The average Bonchev–Trinajstić information content (AvgIpc) is 3.14. The van der Waals surface area contributed by atoms with Crippen molar-refractivity contribution in [2.24, 2.45) is 0 Å². The number of carbonyl (C=O) groups excluding carboxylic acids is 1. The molecule has 4 nitrogen and oxygen atoms in total. The summed E-state index contributed by atoms with van der Waals surface area (Å²) in [6.07, 6.45) is 0. The highest BCUT2D eigenvalue weighted by Crippen LogP contribution is 2.24. The number of thiophene rings is 1. The Kier molecular flexibility index (Phi) is 4.97. The number of amides is 1. The Labute approximate surface area is 149 Å². The molecule has 0 radical (unpaired) electrons. The van der Waals surface area contributed by atoms with Gasteiger partial charge < -0.3 is 4.74 Å². The number of hydrogen-bond donors (Lipinski definition) is 1. The molecule has 0 saturated heterocycles. The molecule has 2 heterocycles. The largest absolute Gasteiger partial charge is 0.489 e. The fraction of sp³-hybridized carbons (Fsp3) is 0.222. The number of ether oxygens (including phenoxy) is 1. The highest BCUT2D eigenvalue weighted by atomic mass is 32.1. The van der Waals surface area contributed by atoms with E-state index in [1.54, 1.807) is 0 Å². The standard InChI is InChI=1S/C18H18N2O2S2/c1-11-6-4-5-7-15(11)22-9-14-8-16(23-10-14)17(21)20-18-19-12(2)13(3)24-18/h4-8,10H,9H2,1-3H3,(H,19,20,21). The van der Waals surface area contributed by atoms with Crippen LogP contribution in [0.3, 0.4) is 0 Å². The number of para-hydroxylation sites is 1. The molecule has 0 aliphatic rings. The molecule has 0 atom stereocenters. The Bertz CT molecular complexity index is 848. The lowest BCUT2D eigenvalue weighted by molar-refractivity contribution is 0.103. The van der Waals surface area contributed by atoms with E-state index in [0.717, 1.165) is 27.4 Å². The van der Waals surface area contributed by atoms with Crippen LogP contribution in [-0.2, 0) is 6.61 Å². The molecule has 1 N–H and O–H groups in total. The second-order valence-electron chi connectivity index (χ2n) is 5.49. The molecule has 1 amide bonds. The SMILES string of the molecule is Cc1ccccc1OCc1csc(C(=O)Nc2nc(C)c(C)s2)c1. The quantitative estimate of drug-likeness (QED) is 0.701. The molecule has 0 spiro atoms. The van der Waals surface area contributed by atoms with Gasteiger partial charge in [-0.3, -0.25) is 10.1 Å². The number of thiazole rings is 1. The maximum Gasteiger partial charge on any atom is 0.267 e. The maximum absolute atomic E-state index is 12.3. The van der Waals surface area contributed by atoms with E-state index in [-0.39, 0.29) is 5.91 Å². The maximum atomic E-state index is 12.3. The van der Waals surface area contributed by atoms with E-state index in [4.69, 9.17) is 4.74 Å². The highest BCUT2D eigenvalue weighted by molar-refractivity contribution is 7.16. The van der Waals surface area contributed by atoms with E-state index in [1.165, 1.54) is 22.7 Å². The smallest absolute Gasteiger partial charge is 0.267 e. The van der Waals surface area contributed by atoms with Crippen molar-refractivity contribution in [1.29, 1.82) is 0 Å². The topological polar surface area (TPSA) is 51.2 Å². The van der Waals surface area contributed by atoms with Crippen LogP contribution in [0.1, 0.15) is 31.4 Å². The molecule has 1 aromatic carbocycles. The van der Waals surface area contributed by atoms with Crippen LogP contribution >= 0.6 is 22.7 Å². The number of anilines is 1. The van der Waals surface area contributed by atoms with E-state index >= 15 is 0 Å². The average molecular weight is 358 g/mol. The lowest BCUT2D eigenvalue weighted by Crippen LogP contribution is -2.09. The predicted octanol–water partition coefficient (Wildman–Crippen LogP) is 4.96. The lowest BCUT2D eigenvalue weighted by atomic mass is 10.2. The first kappa shape index (κ1) is 16.7. The van der Waals surface area contributed by atoms with Gasteiger partial charge in [0.2, 0.25) is 0 Å². The van der Waals surface area contributed by atoms with Crippen molar-refractivity contribution in [2.75, 3.05) is 5.32 Å². The molecule has 2 aromatic heterocycles. The first-order chi connectivity index (χ1) is 11.5. The Morgan fingerprint density at radius 2 is 2.04 bits per heavy atom. The van der Waals surface area contributed by atoms with Crippen molar-refractivity contribution in [3.05, 3.63) is 62.3 Å². The number of rotatable bonds is 5. The third-order valence-corrected chi connectivity index (χ3v) is 5.58. The summed E-state index contributed by atoms with van der Waals surface area (Å²) in [5.41, 5.74) is 3.04. The Morgan fingerprint density at radius 1 is 1.25 bits per heavy atom. The van der Waals surface area contributed by atoms with Crippen molar-refractivity contribution < 1.29 is 9.53 Å². The number of hydrogen-bond acceptors (Lipinski definition) is 5. The lowest BCUT2D eigenvalue weighted by Gasteiger charge is -2.07. The van der Waals surface area contributed by atoms with Crippen LogP contribution in [0.25, 0.3) is 0 Å². The molecule has 0 saturated carbocycles. The van der Waals surface area contributed by atoms with Gasteiger partial charge in [0.1, 0.15) is 12.4 Å². The van der Waals surface area contributed by atoms with Crippen LogP contribution in [0.5, 0.6) is 5.75 Å². The van der Waals surface area contributed by atoms with Crippen molar-refractivity contribution in [3.8, 4) is 5.75 Å². The van der Waals surface area contributed by atoms with E-state index in [1.807, 2.05) is 56.5 Å².